The zero-order valence-corrected chi connectivity index (χ0v) is 33.2. The fraction of sp³-hybridized carbons (Fsp3) is 0.390. The predicted molar refractivity (Wildman–Crippen MR) is 198 cm³/mol. The van der Waals surface area contributed by atoms with Gasteiger partial charge >= 0.3 is 29.6 Å². The minimum absolute atomic E-state index is 0. The molecule has 2 heterocycles. The van der Waals surface area contributed by atoms with E-state index >= 15 is 0 Å². The number of phenols is 2. The Kier molecular flexibility index (Phi) is 19.3. The van der Waals surface area contributed by atoms with E-state index in [1.165, 1.54) is 0 Å². The van der Waals surface area contributed by atoms with Gasteiger partial charge in [0.25, 0.3) is 6.47 Å². The van der Waals surface area contributed by atoms with Crippen molar-refractivity contribution >= 4 is 6.47 Å². The van der Waals surface area contributed by atoms with Crippen LogP contribution in [0.5, 0.6) is 11.5 Å². The molecule has 2 fully saturated rings. The number of piperidine rings is 2. The van der Waals surface area contributed by atoms with Crippen LogP contribution in [0.15, 0.2) is 109 Å². The fourth-order valence-corrected chi connectivity index (χ4v) is 6.98. The Morgan fingerprint density at radius 3 is 1.15 bits per heavy atom. The van der Waals surface area contributed by atoms with Crippen LogP contribution >= 0.6 is 0 Å². The van der Waals surface area contributed by atoms with Crippen molar-refractivity contribution in [3.8, 4) is 11.5 Å². The predicted octanol–water partition coefficient (Wildman–Crippen LogP) is 0.209. The number of hydrogen-bond acceptors (Lipinski definition) is 11. The van der Waals surface area contributed by atoms with E-state index < -0.39 is 23.4 Å². The summed E-state index contributed by atoms with van der Waals surface area (Å²) in [6.07, 6.45) is 1.39. The van der Waals surface area contributed by atoms with E-state index in [2.05, 4.69) is 14.7 Å². The number of nitrogens with zero attached hydrogens (tertiary/aromatic N) is 2. The van der Waals surface area contributed by atoms with Crippen molar-refractivity contribution in [3.05, 3.63) is 131 Å². The van der Waals surface area contributed by atoms with Gasteiger partial charge in [0, 0.05) is 38.3 Å². The van der Waals surface area contributed by atoms with Crippen LogP contribution in [-0.4, -0.2) is 90.7 Å². The van der Waals surface area contributed by atoms with Crippen molar-refractivity contribution < 1.29 is 80.6 Å². The van der Waals surface area contributed by atoms with Crippen molar-refractivity contribution in [2.24, 2.45) is 0 Å². The van der Waals surface area contributed by atoms with Gasteiger partial charge in [0.1, 0.15) is 11.5 Å². The second kappa shape index (κ2) is 22.2. The van der Waals surface area contributed by atoms with Gasteiger partial charge in [-0.1, -0.05) is 84.9 Å². The molecule has 13 heteroatoms. The molecule has 2 aliphatic heterocycles. The summed E-state index contributed by atoms with van der Waals surface area (Å²) in [5.41, 5.74) is 1.98. The van der Waals surface area contributed by atoms with E-state index in [0.717, 1.165) is 48.4 Å². The number of aliphatic hydroxyl groups is 4. The number of carbonyl (C=O) groups excluding carboxylic acids is 1. The van der Waals surface area contributed by atoms with Crippen LogP contribution in [0.2, 0.25) is 0 Å². The van der Waals surface area contributed by atoms with E-state index in [1.54, 1.807) is 48.5 Å². The fourth-order valence-electron chi connectivity index (χ4n) is 6.98. The molecule has 0 spiro atoms. The molecule has 288 valence electrons. The molecule has 2 saturated heterocycles. The van der Waals surface area contributed by atoms with Crippen molar-refractivity contribution in [1.82, 2.24) is 9.80 Å². The number of aliphatic hydroxyl groups excluding tert-OH is 2. The molecule has 0 bridgehead atoms. The van der Waals surface area contributed by atoms with Crippen molar-refractivity contribution in [2.45, 2.75) is 75.0 Å². The summed E-state index contributed by atoms with van der Waals surface area (Å²) in [7, 11) is 0. The van der Waals surface area contributed by atoms with Crippen LogP contribution < -0.4 is 34.8 Å². The topological polar surface area (TPSA) is 209 Å². The monoisotopic (exact) mass is 756 g/mol. The van der Waals surface area contributed by atoms with Gasteiger partial charge in [0.2, 0.25) is 0 Å². The molecule has 0 aliphatic carbocycles. The Morgan fingerprint density at radius 1 is 0.611 bits per heavy atom. The molecule has 8 N–H and O–H groups in total. The molecule has 0 radical (unpaired) electrons. The van der Waals surface area contributed by atoms with Crippen LogP contribution in [-0.2, 0) is 20.9 Å². The third kappa shape index (κ3) is 12.6. The van der Waals surface area contributed by atoms with Gasteiger partial charge in [0.05, 0.1) is 23.4 Å². The molecular weight excluding hydrogens is 703 g/mol. The number of benzene rings is 4. The first-order chi connectivity index (χ1) is 24.9. The zero-order valence-electron chi connectivity index (χ0n) is 31.2. The van der Waals surface area contributed by atoms with Gasteiger partial charge in [-0.25, -0.2) is 0 Å². The number of carbonyl (C=O) groups is 1. The second-order valence-corrected chi connectivity index (χ2v) is 13.6. The summed E-state index contributed by atoms with van der Waals surface area (Å²) in [5, 5.41) is 70.2. The second-order valence-electron chi connectivity index (χ2n) is 13.6. The molecule has 4 aromatic rings. The summed E-state index contributed by atoms with van der Waals surface area (Å²) >= 11 is 0. The summed E-state index contributed by atoms with van der Waals surface area (Å²) in [6, 6.07) is 32.9. The Bertz CT molecular complexity index is 1500. The SMILES string of the molecule is C[C@@H]([C@@H](O)c1ccc(O)cc1)N1CCC(O)(c2ccccc2)CC1.C[C@@H]([C@@H](O)c1ccc(O)cc1)N1CCC(O)(c2ccccc2)CC1.O.O=CO[O-].[Na+]. The molecule has 6 rings (SSSR count). The van der Waals surface area contributed by atoms with Gasteiger partial charge in [-0.2, -0.15) is 0 Å². The first-order valence-electron chi connectivity index (χ1n) is 17.6. The van der Waals surface area contributed by atoms with Crippen LogP contribution in [0.25, 0.3) is 0 Å². The van der Waals surface area contributed by atoms with Gasteiger partial charge in [-0.3, -0.25) is 14.6 Å². The Balaban J connectivity index is 0.000000329. The normalized spacial score (nSPS) is 18.6. The number of hydrogen-bond donors (Lipinski definition) is 6. The first kappa shape index (κ1) is 46.8. The average Bonchev–Trinajstić information content (AvgIpc) is 3.19. The largest absolute Gasteiger partial charge is 1.00 e. The maximum absolute atomic E-state index is 10.9. The number of rotatable bonds is 9. The molecule has 0 aromatic heterocycles. The smallest absolute Gasteiger partial charge is 0.662 e. The molecule has 0 unspecified atom stereocenters. The minimum Gasteiger partial charge on any atom is -0.662 e. The molecule has 0 amide bonds. The number of likely N-dealkylation sites (tertiary alicyclic amines) is 2. The van der Waals surface area contributed by atoms with Crippen molar-refractivity contribution in [2.75, 3.05) is 26.2 Å². The summed E-state index contributed by atoms with van der Waals surface area (Å²) in [6.45, 7) is 6.78. The third-order valence-electron chi connectivity index (χ3n) is 10.4. The van der Waals surface area contributed by atoms with Crippen LogP contribution in [0.4, 0.5) is 0 Å². The van der Waals surface area contributed by atoms with Crippen LogP contribution in [0.3, 0.4) is 0 Å². The molecular formula is C41H53N2NaO10. The van der Waals surface area contributed by atoms with Crippen LogP contribution in [0, 0.1) is 0 Å². The molecule has 54 heavy (non-hydrogen) atoms. The van der Waals surface area contributed by atoms with Gasteiger partial charge in [-0.05, 0) is 86.1 Å². The van der Waals surface area contributed by atoms with E-state index in [4.69, 9.17) is 10.1 Å². The summed E-state index contributed by atoms with van der Waals surface area (Å²) in [4.78, 5) is 15.7. The molecule has 4 aromatic carbocycles. The van der Waals surface area contributed by atoms with Gasteiger partial charge in [0.15, 0.2) is 0 Å². The summed E-state index contributed by atoms with van der Waals surface area (Å²) in [5.74, 6) is 0.397. The maximum atomic E-state index is 10.9. The standard InChI is InChI=1S/2C20H25NO3.CH2O3.Na.H2O/c2*1-15(19(23)16-7-9-18(22)10-8-16)21-13-11-20(24,12-14-21)17-5-3-2-4-6-17;2-1-4-3;;/h2*2-10,15,19,22-24H,11-14H2,1H3;1,3H;;1H2/q;;;+1;/p-1/t2*15-,19+;;;/m00.../s1. The van der Waals surface area contributed by atoms with E-state index in [9.17, 15) is 30.6 Å². The zero-order chi connectivity index (χ0) is 37.7. The average molecular weight is 757 g/mol. The third-order valence-corrected chi connectivity index (χ3v) is 10.4. The van der Waals surface area contributed by atoms with Gasteiger partial charge in [-0.15, -0.1) is 0 Å². The van der Waals surface area contributed by atoms with E-state index in [-0.39, 0.29) is 65.1 Å². The maximum Gasteiger partial charge on any atom is 1.00 e. The molecule has 2 aliphatic rings. The quantitative estimate of drug-likeness (QED) is 0.0589. The number of phenolic OH excluding ortho intramolecular Hbond substituents is 2. The van der Waals surface area contributed by atoms with E-state index in [1.807, 2.05) is 74.5 Å². The van der Waals surface area contributed by atoms with Gasteiger partial charge < -0.3 is 46.3 Å². The Labute approximate surface area is 339 Å². The van der Waals surface area contributed by atoms with Crippen molar-refractivity contribution in [1.29, 1.82) is 0 Å². The minimum atomic E-state index is -0.777. The molecule has 12 nitrogen and oxygen atoms in total. The Morgan fingerprint density at radius 2 is 0.889 bits per heavy atom. The van der Waals surface area contributed by atoms with Crippen LogP contribution in [0.1, 0.15) is 74.0 Å². The summed E-state index contributed by atoms with van der Waals surface area (Å²) < 4.78 is 0. The first-order valence-corrected chi connectivity index (χ1v) is 17.6. The molecule has 4 atom stereocenters. The number of aromatic hydroxyl groups is 2. The van der Waals surface area contributed by atoms with E-state index in [0.29, 0.717) is 25.7 Å². The Hall–Kier alpha value is -3.37. The molecule has 0 saturated carbocycles. The van der Waals surface area contributed by atoms with Crippen molar-refractivity contribution in [3.63, 3.8) is 0 Å².